The first-order chi connectivity index (χ1) is 14.5. The van der Waals surface area contributed by atoms with E-state index in [2.05, 4.69) is 24.5 Å². The number of nitrogens with one attached hydrogen (secondary N) is 2. The Bertz CT molecular complexity index is 787. The van der Waals surface area contributed by atoms with E-state index in [1.165, 1.54) is 12.1 Å². The number of carbonyl (C=O) groups is 1. The van der Waals surface area contributed by atoms with Crippen molar-refractivity contribution >= 4 is 6.03 Å². The van der Waals surface area contributed by atoms with Gasteiger partial charge < -0.3 is 20.3 Å². The highest BCUT2D eigenvalue weighted by Crippen LogP contribution is 2.15. The first-order valence-corrected chi connectivity index (χ1v) is 10.7. The number of urea groups is 1. The molecule has 1 saturated heterocycles. The maximum atomic E-state index is 13.2. The van der Waals surface area contributed by atoms with Crippen LogP contribution < -0.4 is 15.4 Å². The van der Waals surface area contributed by atoms with E-state index in [0.717, 1.165) is 36.4 Å². The number of carbonyl (C=O) groups excluding carboxylic acids is 1. The van der Waals surface area contributed by atoms with Crippen LogP contribution in [0.1, 0.15) is 31.4 Å². The second-order valence-corrected chi connectivity index (χ2v) is 8.37. The molecule has 2 amide bonds. The largest absolute Gasteiger partial charge is 0.493 e. The van der Waals surface area contributed by atoms with Gasteiger partial charge in [-0.25, -0.2) is 9.18 Å². The Morgan fingerprint density at radius 3 is 2.50 bits per heavy atom. The highest BCUT2D eigenvalue weighted by Gasteiger charge is 2.22. The summed E-state index contributed by atoms with van der Waals surface area (Å²) in [5.74, 6) is 1.49. The molecule has 0 bridgehead atoms. The molecule has 0 saturated carbocycles. The lowest BCUT2D eigenvalue weighted by Gasteiger charge is -2.26. The van der Waals surface area contributed by atoms with Crippen LogP contribution >= 0.6 is 0 Å². The number of rotatable bonds is 9. The summed E-state index contributed by atoms with van der Waals surface area (Å²) in [6.45, 7) is 8.42. The third-order valence-electron chi connectivity index (χ3n) is 5.17. The number of amides is 2. The van der Waals surface area contributed by atoms with Gasteiger partial charge in [-0.05, 0) is 66.7 Å². The van der Waals surface area contributed by atoms with Crippen molar-refractivity contribution in [3.05, 3.63) is 65.5 Å². The Hall–Kier alpha value is -2.60. The van der Waals surface area contributed by atoms with Crippen molar-refractivity contribution in [2.75, 3.05) is 26.2 Å². The van der Waals surface area contributed by atoms with E-state index >= 15 is 0 Å². The zero-order chi connectivity index (χ0) is 21.3. The zero-order valence-electron chi connectivity index (χ0n) is 17.9. The van der Waals surface area contributed by atoms with Gasteiger partial charge in [-0.2, -0.15) is 0 Å². The molecule has 3 rings (SSSR count). The van der Waals surface area contributed by atoms with Crippen molar-refractivity contribution < 1.29 is 13.9 Å². The molecule has 1 aliphatic heterocycles. The monoisotopic (exact) mass is 413 g/mol. The zero-order valence-corrected chi connectivity index (χ0v) is 17.9. The standard InChI is InChI=1S/C24H32FN3O2/c1-18(2)17-30-23-9-5-19(6-10-23)14-27-24(29)28(16-21-11-12-26-13-21)15-20-3-7-22(25)8-4-20/h3-10,18,21,26H,11-17H2,1-2H3,(H,27,29). The summed E-state index contributed by atoms with van der Waals surface area (Å²) in [4.78, 5) is 14.7. The minimum absolute atomic E-state index is 0.105. The van der Waals surface area contributed by atoms with E-state index in [1.54, 1.807) is 12.1 Å². The Labute approximate surface area is 178 Å². The molecule has 0 radical (unpaired) electrons. The average molecular weight is 414 g/mol. The summed E-state index contributed by atoms with van der Waals surface area (Å²) >= 11 is 0. The van der Waals surface area contributed by atoms with E-state index in [-0.39, 0.29) is 11.8 Å². The van der Waals surface area contributed by atoms with Crippen LogP contribution in [-0.4, -0.2) is 37.2 Å². The lowest BCUT2D eigenvalue weighted by atomic mass is 10.1. The van der Waals surface area contributed by atoms with E-state index in [1.807, 2.05) is 29.2 Å². The molecule has 0 spiro atoms. The maximum Gasteiger partial charge on any atom is 0.317 e. The molecule has 2 aromatic rings. The fourth-order valence-corrected chi connectivity index (χ4v) is 3.47. The average Bonchev–Trinajstić information content (AvgIpc) is 3.25. The molecule has 5 nitrogen and oxygen atoms in total. The third-order valence-corrected chi connectivity index (χ3v) is 5.17. The van der Waals surface area contributed by atoms with Crippen LogP contribution in [0.5, 0.6) is 5.75 Å². The molecule has 1 unspecified atom stereocenters. The lowest BCUT2D eigenvalue weighted by Crippen LogP contribution is -2.42. The summed E-state index contributed by atoms with van der Waals surface area (Å²) in [7, 11) is 0. The molecular formula is C24H32FN3O2. The number of halogens is 1. The molecule has 30 heavy (non-hydrogen) atoms. The molecule has 1 atom stereocenters. The number of benzene rings is 2. The summed E-state index contributed by atoms with van der Waals surface area (Å²) in [6.07, 6.45) is 1.06. The molecule has 0 aliphatic carbocycles. The van der Waals surface area contributed by atoms with E-state index in [9.17, 15) is 9.18 Å². The summed E-state index contributed by atoms with van der Waals surface area (Å²) in [5, 5.41) is 6.37. The first kappa shape index (κ1) is 22.1. The van der Waals surface area contributed by atoms with Gasteiger partial charge in [-0.15, -0.1) is 0 Å². The number of ether oxygens (including phenoxy) is 1. The fourth-order valence-electron chi connectivity index (χ4n) is 3.47. The summed E-state index contributed by atoms with van der Waals surface area (Å²) < 4.78 is 18.9. The lowest BCUT2D eigenvalue weighted by molar-refractivity contribution is 0.185. The minimum Gasteiger partial charge on any atom is -0.493 e. The maximum absolute atomic E-state index is 13.2. The number of hydrogen-bond donors (Lipinski definition) is 2. The van der Waals surface area contributed by atoms with Gasteiger partial charge in [0.05, 0.1) is 6.61 Å². The molecule has 162 valence electrons. The molecule has 0 aromatic heterocycles. The predicted octanol–water partition coefficient (Wildman–Crippen LogP) is 4.18. The van der Waals surface area contributed by atoms with Gasteiger partial charge in [0.15, 0.2) is 0 Å². The Morgan fingerprint density at radius 2 is 1.87 bits per heavy atom. The van der Waals surface area contributed by atoms with Gasteiger partial charge in [0.1, 0.15) is 11.6 Å². The molecular weight excluding hydrogens is 381 g/mol. The fraction of sp³-hybridized carbons (Fsp3) is 0.458. The van der Waals surface area contributed by atoms with Gasteiger partial charge in [0, 0.05) is 19.6 Å². The van der Waals surface area contributed by atoms with Crippen molar-refractivity contribution in [3.63, 3.8) is 0 Å². The molecule has 2 aromatic carbocycles. The van der Waals surface area contributed by atoms with E-state index in [0.29, 0.717) is 38.1 Å². The van der Waals surface area contributed by atoms with Crippen molar-refractivity contribution in [2.24, 2.45) is 11.8 Å². The topological polar surface area (TPSA) is 53.6 Å². The summed E-state index contributed by atoms with van der Waals surface area (Å²) in [5.41, 5.74) is 1.94. The molecule has 1 heterocycles. The Morgan fingerprint density at radius 1 is 1.17 bits per heavy atom. The number of nitrogens with zero attached hydrogens (tertiary/aromatic N) is 1. The smallest absolute Gasteiger partial charge is 0.317 e. The SMILES string of the molecule is CC(C)COc1ccc(CNC(=O)N(Cc2ccc(F)cc2)CC2CCNC2)cc1. The Kier molecular flexibility index (Phi) is 8.08. The van der Waals surface area contributed by atoms with Crippen molar-refractivity contribution in [3.8, 4) is 5.75 Å². The molecule has 6 heteroatoms. The molecule has 2 N–H and O–H groups in total. The second-order valence-electron chi connectivity index (χ2n) is 8.37. The van der Waals surface area contributed by atoms with Crippen molar-refractivity contribution in [2.45, 2.75) is 33.4 Å². The second kappa shape index (κ2) is 11.0. The van der Waals surface area contributed by atoms with Gasteiger partial charge in [0.2, 0.25) is 0 Å². The van der Waals surface area contributed by atoms with Gasteiger partial charge in [0.25, 0.3) is 0 Å². The minimum atomic E-state index is -0.268. The quantitative estimate of drug-likeness (QED) is 0.648. The van der Waals surface area contributed by atoms with Crippen LogP contribution in [0.2, 0.25) is 0 Å². The molecule has 1 fully saturated rings. The van der Waals surface area contributed by atoms with Crippen LogP contribution in [0.4, 0.5) is 9.18 Å². The first-order valence-electron chi connectivity index (χ1n) is 10.7. The van der Waals surface area contributed by atoms with Gasteiger partial charge in [-0.3, -0.25) is 0 Å². The van der Waals surface area contributed by atoms with Gasteiger partial charge in [-0.1, -0.05) is 38.1 Å². The highest BCUT2D eigenvalue weighted by atomic mass is 19.1. The van der Waals surface area contributed by atoms with Gasteiger partial charge >= 0.3 is 6.03 Å². The molecule has 1 aliphatic rings. The van der Waals surface area contributed by atoms with E-state index < -0.39 is 0 Å². The van der Waals surface area contributed by atoms with E-state index in [4.69, 9.17) is 4.74 Å². The van der Waals surface area contributed by atoms with Crippen LogP contribution in [0.25, 0.3) is 0 Å². The van der Waals surface area contributed by atoms with Crippen LogP contribution in [0.15, 0.2) is 48.5 Å². The van der Waals surface area contributed by atoms with Crippen LogP contribution in [0.3, 0.4) is 0 Å². The Balaban J connectivity index is 1.57. The van der Waals surface area contributed by atoms with Crippen LogP contribution in [-0.2, 0) is 13.1 Å². The van der Waals surface area contributed by atoms with Crippen molar-refractivity contribution in [1.29, 1.82) is 0 Å². The predicted molar refractivity (Wildman–Crippen MR) is 117 cm³/mol. The van der Waals surface area contributed by atoms with Crippen molar-refractivity contribution in [1.82, 2.24) is 15.5 Å². The highest BCUT2D eigenvalue weighted by molar-refractivity contribution is 5.74. The third kappa shape index (κ3) is 7.02. The number of hydrogen-bond acceptors (Lipinski definition) is 3. The van der Waals surface area contributed by atoms with Crippen LogP contribution in [0, 0.1) is 17.7 Å². The summed E-state index contributed by atoms with van der Waals surface area (Å²) in [6, 6.07) is 14.1. The normalized spacial score (nSPS) is 15.9.